The zero-order chi connectivity index (χ0) is 19.1. The van der Waals surface area contributed by atoms with Gasteiger partial charge in [0.25, 0.3) is 0 Å². The number of nitrogens with zero attached hydrogens (tertiary/aromatic N) is 2. The summed E-state index contributed by atoms with van der Waals surface area (Å²) in [5.41, 5.74) is 5.31. The van der Waals surface area contributed by atoms with E-state index < -0.39 is 0 Å². The Morgan fingerprint density at radius 1 is 0.964 bits per heavy atom. The zero-order valence-electron chi connectivity index (χ0n) is 15.3. The summed E-state index contributed by atoms with van der Waals surface area (Å²) in [5, 5.41) is 8.43. The second-order valence-corrected chi connectivity index (χ2v) is 6.96. The van der Waals surface area contributed by atoms with Gasteiger partial charge >= 0.3 is 0 Å². The summed E-state index contributed by atoms with van der Waals surface area (Å²) in [4.78, 5) is 21.6. The Bertz CT molecular complexity index is 1290. The standard InChI is InChI=1S/C23H18N4O/c1-14(15-5-3-2-4-6-15)23(28)21-12-17-11-18-20(13-19(17)25-21)26-27-22(18)16-7-9-24-10-8-16/h2-14,26-27H,1H3/t14-/m0/s1. The summed E-state index contributed by atoms with van der Waals surface area (Å²) in [6, 6.07) is 19.7. The Balaban J connectivity index is 1.57. The number of pyridine rings is 1. The highest BCUT2D eigenvalue weighted by Crippen LogP contribution is 2.30. The minimum atomic E-state index is -0.226. The van der Waals surface area contributed by atoms with Gasteiger partial charge in [0.2, 0.25) is 0 Å². The van der Waals surface area contributed by atoms with Gasteiger partial charge in [-0.3, -0.25) is 14.9 Å². The lowest BCUT2D eigenvalue weighted by molar-refractivity contribution is 0.0962. The van der Waals surface area contributed by atoms with Crippen molar-refractivity contribution in [2.75, 3.05) is 0 Å². The Kier molecular flexibility index (Phi) is 3.79. The van der Waals surface area contributed by atoms with Crippen molar-refractivity contribution in [3.05, 3.63) is 84.3 Å². The topological polar surface area (TPSA) is 74.4 Å². The van der Waals surface area contributed by atoms with E-state index >= 15 is 0 Å². The number of Topliss-reactive ketones (excluding diaryl/α,β-unsaturated/α-hetero) is 1. The zero-order valence-corrected chi connectivity index (χ0v) is 15.3. The number of fused-ring (bicyclic) bond motifs is 2. The van der Waals surface area contributed by atoms with Gasteiger partial charge in [-0.2, -0.15) is 0 Å². The first kappa shape index (κ1) is 16.4. The van der Waals surface area contributed by atoms with Crippen molar-refractivity contribution in [2.45, 2.75) is 12.8 Å². The van der Waals surface area contributed by atoms with Crippen LogP contribution < -0.4 is 0 Å². The van der Waals surface area contributed by atoms with E-state index in [1.165, 1.54) is 0 Å². The highest BCUT2D eigenvalue weighted by molar-refractivity contribution is 6.07. The van der Waals surface area contributed by atoms with Crippen molar-refractivity contribution in [3.63, 3.8) is 0 Å². The summed E-state index contributed by atoms with van der Waals surface area (Å²) in [7, 11) is 0. The predicted octanol–water partition coefficient (Wildman–Crippen LogP) is 5.09. The molecule has 5 rings (SSSR count). The molecule has 0 fully saturated rings. The largest absolute Gasteiger partial charge is 0.300 e. The van der Waals surface area contributed by atoms with Gasteiger partial charge in [-0.05, 0) is 35.9 Å². The maximum Gasteiger partial charge on any atom is 0.188 e. The molecule has 0 saturated heterocycles. The van der Waals surface area contributed by atoms with Crippen LogP contribution in [0.3, 0.4) is 0 Å². The van der Waals surface area contributed by atoms with Crippen LogP contribution in [-0.2, 0) is 0 Å². The van der Waals surface area contributed by atoms with E-state index in [1.807, 2.05) is 61.5 Å². The second-order valence-electron chi connectivity index (χ2n) is 6.96. The number of carbonyl (C=O) groups is 1. The molecule has 2 aromatic carbocycles. The fourth-order valence-corrected chi connectivity index (χ4v) is 3.62. The summed E-state index contributed by atoms with van der Waals surface area (Å²) < 4.78 is 0. The van der Waals surface area contributed by atoms with Gasteiger partial charge in [0.05, 0.1) is 16.7 Å². The molecule has 5 nitrogen and oxygen atoms in total. The number of aromatic amines is 2. The van der Waals surface area contributed by atoms with E-state index in [-0.39, 0.29) is 11.7 Å². The highest BCUT2D eigenvalue weighted by atomic mass is 16.1. The third-order valence-corrected chi connectivity index (χ3v) is 5.21. The Labute approximate surface area is 161 Å². The normalized spacial score (nSPS) is 12.5. The van der Waals surface area contributed by atoms with Crippen LogP contribution in [0, 0.1) is 0 Å². The molecule has 0 aliphatic carbocycles. The van der Waals surface area contributed by atoms with Crippen molar-refractivity contribution in [2.24, 2.45) is 0 Å². The van der Waals surface area contributed by atoms with Crippen LogP contribution in [0.1, 0.15) is 28.9 Å². The smallest absolute Gasteiger partial charge is 0.188 e. The number of carbonyl (C=O) groups excluding carboxylic acids is 1. The molecule has 3 aromatic heterocycles. The molecule has 1 atom stereocenters. The Morgan fingerprint density at radius 2 is 1.75 bits per heavy atom. The van der Waals surface area contributed by atoms with E-state index in [0.717, 1.165) is 38.6 Å². The maximum atomic E-state index is 13.0. The van der Waals surface area contributed by atoms with Gasteiger partial charge in [0.1, 0.15) is 5.69 Å². The first-order valence-corrected chi connectivity index (χ1v) is 9.21. The van der Waals surface area contributed by atoms with Crippen molar-refractivity contribution >= 4 is 27.6 Å². The molecule has 3 heterocycles. The molecule has 136 valence electrons. The molecule has 2 N–H and O–H groups in total. The minimum Gasteiger partial charge on any atom is -0.300 e. The lowest BCUT2D eigenvalue weighted by Crippen LogP contribution is -2.09. The van der Waals surface area contributed by atoms with E-state index in [1.54, 1.807) is 12.4 Å². The Hall–Kier alpha value is -3.73. The fraction of sp³-hybridized carbons (Fsp3) is 0.0870. The van der Waals surface area contributed by atoms with E-state index in [4.69, 9.17) is 0 Å². The fourth-order valence-electron chi connectivity index (χ4n) is 3.62. The molecule has 0 unspecified atom stereocenters. The summed E-state index contributed by atoms with van der Waals surface area (Å²) in [5.74, 6) is -0.192. The van der Waals surface area contributed by atoms with Crippen LogP contribution >= 0.6 is 0 Å². The van der Waals surface area contributed by atoms with E-state index in [0.29, 0.717) is 5.69 Å². The van der Waals surface area contributed by atoms with Crippen molar-refractivity contribution in [1.29, 1.82) is 0 Å². The average Bonchev–Trinajstić information content (AvgIpc) is 3.35. The van der Waals surface area contributed by atoms with Gasteiger partial charge < -0.3 is 5.10 Å². The molecule has 5 aromatic rings. The van der Waals surface area contributed by atoms with Crippen molar-refractivity contribution in [1.82, 2.24) is 20.2 Å². The summed E-state index contributed by atoms with van der Waals surface area (Å²) in [6.07, 6.45) is 3.54. The third kappa shape index (κ3) is 2.68. The van der Waals surface area contributed by atoms with E-state index in [2.05, 4.69) is 26.2 Å². The molecule has 0 saturated carbocycles. The average molecular weight is 366 g/mol. The molecular weight excluding hydrogens is 348 g/mol. The SMILES string of the molecule is C[C@H](C(=O)c1cc2cc3c(-c4ccncc4)[nH][nH]c3cc2n1)c1ccccc1. The van der Waals surface area contributed by atoms with Crippen LogP contribution in [0.5, 0.6) is 0 Å². The number of ketones is 1. The molecule has 0 bridgehead atoms. The number of benzene rings is 2. The minimum absolute atomic E-state index is 0.0342. The Morgan fingerprint density at radius 3 is 2.54 bits per heavy atom. The first-order chi connectivity index (χ1) is 13.7. The number of H-pyrrole nitrogens is 2. The lowest BCUT2D eigenvalue weighted by atomic mass is 9.95. The van der Waals surface area contributed by atoms with Crippen LogP contribution in [-0.4, -0.2) is 25.9 Å². The number of hydrogen-bond acceptors (Lipinski definition) is 3. The predicted molar refractivity (Wildman–Crippen MR) is 110 cm³/mol. The number of rotatable bonds is 4. The molecule has 0 spiro atoms. The quantitative estimate of drug-likeness (QED) is 0.435. The first-order valence-electron chi connectivity index (χ1n) is 9.21. The molecule has 0 radical (unpaired) electrons. The molecule has 0 amide bonds. The van der Waals surface area contributed by atoms with Gasteiger partial charge in [-0.1, -0.05) is 37.3 Å². The molecule has 0 aliphatic heterocycles. The van der Waals surface area contributed by atoms with Crippen LogP contribution in [0.4, 0.5) is 0 Å². The van der Waals surface area contributed by atoms with E-state index in [9.17, 15) is 4.79 Å². The highest BCUT2D eigenvalue weighted by Gasteiger charge is 2.20. The summed E-state index contributed by atoms with van der Waals surface area (Å²) >= 11 is 0. The van der Waals surface area contributed by atoms with Gasteiger partial charge in [0, 0.05) is 34.6 Å². The third-order valence-electron chi connectivity index (χ3n) is 5.21. The summed E-state index contributed by atoms with van der Waals surface area (Å²) in [6.45, 7) is 1.93. The maximum absolute atomic E-state index is 13.0. The van der Waals surface area contributed by atoms with Gasteiger partial charge in [-0.25, -0.2) is 4.98 Å². The number of hydrogen-bond donors (Lipinski definition) is 2. The molecule has 0 aliphatic rings. The van der Waals surface area contributed by atoms with Crippen molar-refractivity contribution < 1.29 is 4.79 Å². The monoisotopic (exact) mass is 366 g/mol. The van der Waals surface area contributed by atoms with Crippen LogP contribution in [0.15, 0.2) is 73.1 Å². The molecular formula is C23H18N4O. The van der Waals surface area contributed by atoms with Crippen LogP contribution in [0.25, 0.3) is 33.1 Å². The number of aromatic nitrogens is 4. The molecule has 28 heavy (non-hydrogen) atoms. The van der Waals surface area contributed by atoms with Gasteiger partial charge in [-0.15, -0.1) is 0 Å². The lowest BCUT2D eigenvalue weighted by Gasteiger charge is -2.08. The molecule has 5 heteroatoms. The van der Waals surface area contributed by atoms with Crippen molar-refractivity contribution in [3.8, 4) is 11.3 Å². The van der Waals surface area contributed by atoms with Crippen LogP contribution in [0.2, 0.25) is 0 Å². The number of nitrogens with one attached hydrogen (secondary N) is 2. The van der Waals surface area contributed by atoms with Gasteiger partial charge in [0.15, 0.2) is 5.78 Å². The second kappa shape index (κ2) is 6.46.